The average molecular weight is 450 g/mol. The van der Waals surface area contributed by atoms with E-state index in [0.29, 0.717) is 18.2 Å². The van der Waals surface area contributed by atoms with Crippen molar-refractivity contribution in [3.8, 4) is 0 Å². The molecule has 0 fully saturated rings. The lowest BCUT2D eigenvalue weighted by molar-refractivity contribution is -0.157. The Balaban J connectivity index is 1.62. The van der Waals surface area contributed by atoms with Gasteiger partial charge < -0.3 is 9.64 Å². The lowest BCUT2D eigenvalue weighted by atomic mass is 10.1. The van der Waals surface area contributed by atoms with Crippen LogP contribution in [0.1, 0.15) is 29.4 Å². The number of carbonyl (C=O) groups is 2. The molecule has 3 rings (SSSR count). The van der Waals surface area contributed by atoms with Crippen molar-refractivity contribution in [2.45, 2.75) is 45.1 Å². The third kappa shape index (κ3) is 7.20. The zero-order chi connectivity index (χ0) is 22.9. The van der Waals surface area contributed by atoms with Crippen LogP contribution in [0.5, 0.6) is 0 Å². The van der Waals surface area contributed by atoms with Gasteiger partial charge in [-0.25, -0.2) is 9.97 Å². The quantitative estimate of drug-likeness (QED) is 0.275. The van der Waals surface area contributed by atoms with E-state index in [9.17, 15) is 9.59 Å². The van der Waals surface area contributed by atoms with Gasteiger partial charge in [-0.2, -0.15) is 0 Å². The van der Waals surface area contributed by atoms with Crippen molar-refractivity contribution in [2.24, 2.45) is 0 Å². The molecule has 0 saturated heterocycles. The molecule has 166 valence electrons. The first-order valence-corrected chi connectivity index (χ1v) is 11.4. The van der Waals surface area contributed by atoms with Crippen LogP contribution in [-0.2, 0) is 27.4 Å². The highest BCUT2D eigenvalue weighted by atomic mass is 32.2. The Hall–Kier alpha value is -3.19. The predicted molar refractivity (Wildman–Crippen MR) is 125 cm³/mol. The molecule has 0 saturated carbocycles. The number of nitrogens with zero attached hydrogens (tertiary/aromatic N) is 3. The molecule has 0 N–H and O–H groups in total. The minimum absolute atomic E-state index is 0.0396. The van der Waals surface area contributed by atoms with E-state index in [2.05, 4.69) is 9.97 Å². The van der Waals surface area contributed by atoms with E-state index in [1.165, 1.54) is 11.8 Å². The Labute approximate surface area is 193 Å². The number of aryl methyl sites for hydroxylation is 2. The third-order valence-corrected chi connectivity index (χ3v) is 5.50. The van der Waals surface area contributed by atoms with Crippen molar-refractivity contribution < 1.29 is 14.3 Å². The summed E-state index contributed by atoms with van der Waals surface area (Å²) in [4.78, 5) is 35.9. The highest BCUT2D eigenvalue weighted by Crippen LogP contribution is 2.16. The topological polar surface area (TPSA) is 72.4 Å². The van der Waals surface area contributed by atoms with Gasteiger partial charge in [0.25, 0.3) is 5.91 Å². The lowest BCUT2D eigenvalue weighted by Crippen LogP contribution is -2.39. The van der Waals surface area contributed by atoms with Crippen LogP contribution in [0.3, 0.4) is 0 Å². The predicted octanol–water partition coefficient (Wildman–Crippen LogP) is 4.35. The first-order chi connectivity index (χ1) is 15.4. The van der Waals surface area contributed by atoms with Gasteiger partial charge in [0.15, 0.2) is 11.3 Å². The van der Waals surface area contributed by atoms with Gasteiger partial charge in [-0.05, 0) is 38.0 Å². The van der Waals surface area contributed by atoms with Crippen molar-refractivity contribution in [3.05, 3.63) is 89.2 Å². The second-order valence-electron chi connectivity index (χ2n) is 7.52. The fraction of sp³-hybridized carbons (Fsp3) is 0.280. The van der Waals surface area contributed by atoms with Crippen molar-refractivity contribution in [1.82, 2.24) is 14.9 Å². The van der Waals surface area contributed by atoms with E-state index in [-0.39, 0.29) is 11.7 Å². The zero-order valence-corrected chi connectivity index (χ0v) is 19.3. The van der Waals surface area contributed by atoms with Gasteiger partial charge in [0.05, 0.1) is 5.75 Å². The summed E-state index contributed by atoms with van der Waals surface area (Å²) < 4.78 is 5.44. The molecule has 7 heteroatoms. The maximum atomic E-state index is 13.2. The Morgan fingerprint density at radius 2 is 1.41 bits per heavy atom. The molecule has 2 aromatic carbocycles. The second kappa shape index (κ2) is 11.4. The van der Waals surface area contributed by atoms with Crippen LogP contribution < -0.4 is 0 Å². The molecule has 1 aromatic heterocycles. The minimum Gasteiger partial charge on any atom is -0.452 e. The Kier molecular flexibility index (Phi) is 8.39. The summed E-state index contributed by atoms with van der Waals surface area (Å²) in [6, 6.07) is 21.4. The number of ether oxygens (including phenoxy) is 1. The molecule has 32 heavy (non-hydrogen) atoms. The summed E-state index contributed by atoms with van der Waals surface area (Å²) in [7, 11) is 0. The van der Waals surface area contributed by atoms with E-state index >= 15 is 0 Å². The van der Waals surface area contributed by atoms with E-state index in [1.807, 2.05) is 80.6 Å². The number of rotatable bonds is 9. The minimum atomic E-state index is -0.893. The monoisotopic (exact) mass is 449 g/mol. The summed E-state index contributed by atoms with van der Waals surface area (Å²) in [5.74, 6) is -0.672. The maximum absolute atomic E-state index is 13.2. The summed E-state index contributed by atoms with van der Waals surface area (Å²) in [5.41, 5.74) is 3.71. The van der Waals surface area contributed by atoms with E-state index in [1.54, 1.807) is 11.8 Å². The third-order valence-electron chi connectivity index (χ3n) is 4.68. The first kappa shape index (κ1) is 23.5. The summed E-state index contributed by atoms with van der Waals surface area (Å²) >= 11 is 1.20. The fourth-order valence-electron chi connectivity index (χ4n) is 3.24. The highest BCUT2D eigenvalue weighted by Gasteiger charge is 2.24. The van der Waals surface area contributed by atoms with Crippen LogP contribution >= 0.6 is 11.8 Å². The standard InChI is InChI=1S/C25H27N3O3S/c1-18-14-19(2)27-25(26-18)32-17-23(29)31-20(3)24(30)28(15-21-10-6-4-7-11-21)16-22-12-8-5-9-13-22/h4-14,20H,15-17H2,1-3H3/t20-/m1/s1. The van der Waals surface area contributed by atoms with Crippen molar-refractivity contribution in [2.75, 3.05) is 5.75 Å². The van der Waals surface area contributed by atoms with Crippen molar-refractivity contribution in [3.63, 3.8) is 0 Å². The van der Waals surface area contributed by atoms with Crippen LogP contribution in [0.4, 0.5) is 0 Å². The summed E-state index contributed by atoms with van der Waals surface area (Å²) in [5, 5.41) is 0.521. The molecule has 0 unspecified atom stereocenters. The number of thioether (sulfide) groups is 1. The number of carbonyl (C=O) groups excluding carboxylic acids is 2. The fourth-order valence-corrected chi connectivity index (χ4v) is 3.97. The summed E-state index contributed by atoms with van der Waals surface area (Å²) in [6.07, 6.45) is -0.893. The largest absolute Gasteiger partial charge is 0.452 e. The Morgan fingerprint density at radius 1 is 0.906 bits per heavy atom. The molecule has 0 aliphatic carbocycles. The molecular formula is C25H27N3O3S. The molecule has 1 amide bonds. The first-order valence-electron chi connectivity index (χ1n) is 10.4. The molecule has 0 bridgehead atoms. The number of hydrogen-bond donors (Lipinski definition) is 0. The maximum Gasteiger partial charge on any atom is 0.317 e. The molecule has 1 heterocycles. The van der Waals surface area contributed by atoms with Crippen molar-refractivity contribution >= 4 is 23.6 Å². The second-order valence-corrected chi connectivity index (χ2v) is 8.46. The van der Waals surface area contributed by atoms with E-state index in [0.717, 1.165) is 22.5 Å². The van der Waals surface area contributed by atoms with Gasteiger partial charge in [-0.1, -0.05) is 72.4 Å². The smallest absolute Gasteiger partial charge is 0.317 e. The Morgan fingerprint density at radius 3 is 1.91 bits per heavy atom. The van der Waals surface area contributed by atoms with E-state index in [4.69, 9.17) is 4.74 Å². The van der Waals surface area contributed by atoms with E-state index < -0.39 is 12.1 Å². The zero-order valence-electron chi connectivity index (χ0n) is 18.5. The van der Waals surface area contributed by atoms with Crippen LogP contribution in [-0.4, -0.2) is 38.6 Å². The SMILES string of the molecule is Cc1cc(C)nc(SCC(=O)O[C@H](C)C(=O)N(Cc2ccccc2)Cc2ccccc2)n1. The molecule has 0 spiro atoms. The van der Waals surface area contributed by atoms with Crippen molar-refractivity contribution in [1.29, 1.82) is 0 Å². The van der Waals surface area contributed by atoms with Gasteiger partial charge in [-0.15, -0.1) is 0 Å². The Bertz CT molecular complexity index is 983. The van der Waals surface area contributed by atoms with Gasteiger partial charge in [0.2, 0.25) is 0 Å². The summed E-state index contributed by atoms with van der Waals surface area (Å²) in [6.45, 7) is 6.24. The van der Waals surface area contributed by atoms with Crippen LogP contribution in [0.2, 0.25) is 0 Å². The number of aromatic nitrogens is 2. The molecule has 1 atom stereocenters. The number of hydrogen-bond acceptors (Lipinski definition) is 6. The van der Waals surface area contributed by atoms with Crippen LogP contribution in [0.15, 0.2) is 71.9 Å². The number of amides is 1. The van der Waals surface area contributed by atoms with Gasteiger partial charge in [0.1, 0.15) is 0 Å². The van der Waals surface area contributed by atoms with Crippen LogP contribution in [0.25, 0.3) is 0 Å². The molecule has 0 aliphatic rings. The number of benzene rings is 2. The molecule has 0 radical (unpaired) electrons. The molecule has 0 aliphatic heterocycles. The molecule has 6 nitrogen and oxygen atoms in total. The average Bonchev–Trinajstić information content (AvgIpc) is 2.77. The van der Waals surface area contributed by atoms with Gasteiger partial charge in [0, 0.05) is 24.5 Å². The lowest BCUT2D eigenvalue weighted by Gasteiger charge is -2.26. The number of esters is 1. The van der Waals surface area contributed by atoms with Crippen LogP contribution in [0, 0.1) is 13.8 Å². The molecule has 3 aromatic rings. The highest BCUT2D eigenvalue weighted by molar-refractivity contribution is 7.99. The van der Waals surface area contributed by atoms with Gasteiger partial charge >= 0.3 is 5.97 Å². The normalized spacial score (nSPS) is 11.6. The van der Waals surface area contributed by atoms with Gasteiger partial charge in [-0.3, -0.25) is 9.59 Å². The molecular weight excluding hydrogens is 422 g/mol.